The highest BCUT2D eigenvalue weighted by Gasteiger charge is 2.11. The topological polar surface area (TPSA) is 22.1 Å². The molecule has 18 heavy (non-hydrogen) atoms. The van der Waals surface area contributed by atoms with E-state index in [0.29, 0.717) is 6.10 Å². The van der Waals surface area contributed by atoms with Crippen molar-refractivity contribution >= 4 is 21.6 Å². The van der Waals surface area contributed by atoms with E-state index in [1.165, 1.54) is 24.0 Å². The summed E-state index contributed by atoms with van der Waals surface area (Å²) in [6, 6.07) is 6.18. The summed E-state index contributed by atoms with van der Waals surface area (Å²) in [7, 11) is 0. The lowest BCUT2D eigenvalue weighted by atomic mass is 10.1. The number of hydrogen-bond donors (Lipinski definition) is 0. The zero-order valence-electron chi connectivity index (χ0n) is 11.2. The van der Waals surface area contributed by atoms with Crippen molar-refractivity contribution in [3.05, 3.63) is 23.7 Å². The number of rotatable bonds is 7. The van der Waals surface area contributed by atoms with Crippen molar-refractivity contribution in [2.45, 2.75) is 52.1 Å². The predicted molar refractivity (Wildman–Crippen MR) is 78.5 cm³/mol. The van der Waals surface area contributed by atoms with Crippen LogP contribution >= 0.6 is 11.3 Å². The van der Waals surface area contributed by atoms with Crippen molar-refractivity contribution in [2.75, 3.05) is 0 Å². The molecule has 98 valence electrons. The van der Waals surface area contributed by atoms with Crippen LogP contribution in [0.2, 0.25) is 0 Å². The summed E-state index contributed by atoms with van der Waals surface area (Å²) in [5.41, 5.74) is 2.90. The van der Waals surface area contributed by atoms with Gasteiger partial charge < -0.3 is 4.74 Å². The number of unbranched alkanes of at least 4 members (excludes halogenated alkanes) is 2. The normalized spacial score (nSPS) is 12.8. The van der Waals surface area contributed by atoms with Gasteiger partial charge in [-0.25, -0.2) is 4.98 Å². The number of thiazole rings is 1. The average molecular weight is 263 g/mol. The number of para-hydroxylation sites is 1. The van der Waals surface area contributed by atoms with Gasteiger partial charge in [0.2, 0.25) is 0 Å². The fraction of sp³-hybridized carbons (Fsp3) is 0.533. The number of aromatic nitrogens is 1. The molecule has 3 heteroatoms. The molecule has 0 N–H and O–H groups in total. The molecule has 0 fully saturated rings. The molecule has 2 rings (SSSR count). The molecule has 1 aromatic carbocycles. The molecule has 0 spiro atoms. The van der Waals surface area contributed by atoms with Crippen LogP contribution in [0.15, 0.2) is 23.7 Å². The SMILES string of the molecule is CCCCCC(CC)Oc1cccc2scnc12. The van der Waals surface area contributed by atoms with E-state index in [4.69, 9.17) is 4.74 Å². The predicted octanol–water partition coefficient (Wildman–Crippen LogP) is 5.03. The maximum Gasteiger partial charge on any atom is 0.146 e. The summed E-state index contributed by atoms with van der Waals surface area (Å²) >= 11 is 1.67. The van der Waals surface area contributed by atoms with Crippen LogP contribution in [-0.2, 0) is 0 Å². The Labute approximate surface area is 113 Å². The second-order valence-corrected chi connectivity index (χ2v) is 5.49. The molecule has 0 saturated heterocycles. The van der Waals surface area contributed by atoms with Crippen molar-refractivity contribution < 1.29 is 4.74 Å². The van der Waals surface area contributed by atoms with E-state index in [2.05, 4.69) is 31.0 Å². The van der Waals surface area contributed by atoms with Gasteiger partial charge in [-0.2, -0.15) is 0 Å². The van der Waals surface area contributed by atoms with E-state index in [-0.39, 0.29) is 0 Å². The lowest BCUT2D eigenvalue weighted by molar-refractivity contribution is 0.185. The quantitative estimate of drug-likeness (QED) is 0.653. The molecular weight excluding hydrogens is 242 g/mol. The van der Waals surface area contributed by atoms with Crippen molar-refractivity contribution in [3.8, 4) is 5.75 Å². The summed E-state index contributed by atoms with van der Waals surface area (Å²) < 4.78 is 7.33. The molecule has 0 radical (unpaired) electrons. The minimum Gasteiger partial charge on any atom is -0.488 e. The van der Waals surface area contributed by atoms with Gasteiger partial charge in [-0.1, -0.05) is 32.8 Å². The van der Waals surface area contributed by atoms with Gasteiger partial charge >= 0.3 is 0 Å². The monoisotopic (exact) mass is 263 g/mol. The minimum absolute atomic E-state index is 0.323. The van der Waals surface area contributed by atoms with Crippen LogP contribution in [0.3, 0.4) is 0 Å². The number of hydrogen-bond acceptors (Lipinski definition) is 3. The Morgan fingerprint density at radius 1 is 1.28 bits per heavy atom. The number of nitrogens with zero attached hydrogens (tertiary/aromatic N) is 1. The first-order valence-corrected chi connectivity index (χ1v) is 7.72. The van der Waals surface area contributed by atoms with Crippen molar-refractivity contribution in [3.63, 3.8) is 0 Å². The number of ether oxygens (including phenoxy) is 1. The van der Waals surface area contributed by atoms with Gasteiger partial charge in [0.25, 0.3) is 0 Å². The third-order valence-electron chi connectivity index (χ3n) is 3.20. The molecule has 1 aromatic heterocycles. The molecule has 2 aromatic rings. The van der Waals surface area contributed by atoms with E-state index < -0.39 is 0 Å². The molecule has 1 unspecified atom stereocenters. The molecule has 1 heterocycles. The standard InChI is InChI=1S/C15H21NOS/c1-3-5-6-8-12(4-2)17-13-9-7-10-14-15(13)16-11-18-14/h7,9-12H,3-6,8H2,1-2H3. The molecular formula is C15H21NOS. The summed E-state index contributed by atoms with van der Waals surface area (Å²) in [5, 5.41) is 0. The Hall–Kier alpha value is -1.09. The fourth-order valence-electron chi connectivity index (χ4n) is 2.10. The lowest BCUT2D eigenvalue weighted by Gasteiger charge is -2.17. The average Bonchev–Trinajstić information content (AvgIpc) is 2.87. The second-order valence-electron chi connectivity index (χ2n) is 4.60. The summed E-state index contributed by atoms with van der Waals surface area (Å²) in [6.45, 7) is 4.43. The molecule has 1 atom stereocenters. The van der Waals surface area contributed by atoms with Crippen LogP contribution in [0.4, 0.5) is 0 Å². The van der Waals surface area contributed by atoms with E-state index >= 15 is 0 Å². The Kier molecular flexibility index (Phi) is 5.00. The van der Waals surface area contributed by atoms with Crippen LogP contribution in [0, 0.1) is 0 Å². The molecule has 0 amide bonds. The first kappa shape index (κ1) is 13.3. The highest BCUT2D eigenvalue weighted by molar-refractivity contribution is 7.16. The molecule has 0 aliphatic heterocycles. The Morgan fingerprint density at radius 3 is 2.94 bits per heavy atom. The first-order chi connectivity index (χ1) is 8.85. The van der Waals surface area contributed by atoms with E-state index in [0.717, 1.165) is 24.1 Å². The van der Waals surface area contributed by atoms with Gasteiger partial charge in [-0.3, -0.25) is 0 Å². The van der Waals surface area contributed by atoms with Crippen molar-refractivity contribution in [2.24, 2.45) is 0 Å². The van der Waals surface area contributed by atoms with Crippen LogP contribution in [-0.4, -0.2) is 11.1 Å². The second kappa shape index (κ2) is 6.74. The van der Waals surface area contributed by atoms with Gasteiger partial charge in [0, 0.05) is 0 Å². The Morgan fingerprint density at radius 2 is 2.17 bits per heavy atom. The molecule has 2 nitrogen and oxygen atoms in total. The van der Waals surface area contributed by atoms with E-state index in [1.54, 1.807) is 11.3 Å². The summed E-state index contributed by atoms with van der Waals surface area (Å²) in [6.07, 6.45) is 6.33. The highest BCUT2D eigenvalue weighted by atomic mass is 32.1. The Balaban J connectivity index is 2.04. The summed E-state index contributed by atoms with van der Waals surface area (Å²) in [4.78, 5) is 4.40. The highest BCUT2D eigenvalue weighted by Crippen LogP contribution is 2.28. The van der Waals surface area contributed by atoms with Gasteiger partial charge in [-0.05, 0) is 31.4 Å². The molecule has 0 saturated carbocycles. The third kappa shape index (κ3) is 3.22. The van der Waals surface area contributed by atoms with Gasteiger partial charge in [0.05, 0.1) is 16.3 Å². The zero-order valence-corrected chi connectivity index (χ0v) is 12.0. The first-order valence-electron chi connectivity index (χ1n) is 6.84. The zero-order chi connectivity index (χ0) is 12.8. The largest absolute Gasteiger partial charge is 0.488 e. The minimum atomic E-state index is 0.323. The van der Waals surface area contributed by atoms with E-state index in [9.17, 15) is 0 Å². The number of benzene rings is 1. The van der Waals surface area contributed by atoms with E-state index in [1.807, 2.05) is 11.6 Å². The molecule has 0 aliphatic rings. The molecule has 0 aliphatic carbocycles. The van der Waals surface area contributed by atoms with Crippen LogP contribution < -0.4 is 4.74 Å². The maximum absolute atomic E-state index is 6.13. The third-order valence-corrected chi connectivity index (χ3v) is 4.00. The van der Waals surface area contributed by atoms with Crippen LogP contribution in [0.5, 0.6) is 5.75 Å². The van der Waals surface area contributed by atoms with Crippen LogP contribution in [0.25, 0.3) is 10.2 Å². The van der Waals surface area contributed by atoms with Crippen molar-refractivity contribution in [1.82, 2.24) is 4.98 Å². The fourth-order valence-corrected chi connectivity index (χ4v) is 2.80. The van der Waals surface area contributed by atoms with Gasteiger partial charge in [0.15, 0.2) is 0 Å². The Bertz CT molecular complexity index is 480. The summed E-state index contributed by atoms with van der Waals surface area (Å²) in [5.74, 6) is 0.942. The van der Waals surface area contributed by atoms with Crippen LogP contribution in [0.1, 0.15) is 46.0 Å². The number of fused-ring (bicyclic) bond motifs is 1. The smallest absolute Gasteiger partial charge is 0.146 e. The van der Waals surface area contributed by atoms with Crippen molar-refractivity contribution in [1.29, 1.82) is 0 Å². The lowest BCUT2D eigenvalue weighted by Crippen LogP contribution is -2.15. The maximum atomic E-state index is 6.13. The van der Waals surface area contributed by atoms with Gasteiger partial charge in [-0.15, -0.1) is 11.3 Å². The van der Waals surface area contributed by atoms with Gasteiger partial charge in [0.1, 0.15) is 11.3 Å². The molecule has 0 bridgehead atoms.